The van der Waals surface area contributed by atoms with E-state index < -0.39 is 0 Å². The quantitative estimate of drug-likeness (QED) is 0.683. The Morgan fingerprint density at radius 2 is 1.33 bits per heavy atom. The van der Waals surface area contributed by atoms with Crippen LogP contribution >= 0.6 is 0 Å². The number of rotatable bonds is 6. The van der Waals surface area contributed by atoms with Crippen LogP contribution in [0.5, 0.6) is 0 Å². The maximum absolute atomic E-state index is 2.46. The average Bonchev–Trinajstić information content (AvgIpc) is 2.71. The number of benzene rings is 2. The molecule has 0 aromatic heterocycles. The van der Waals surface area contributed by atoms with Gasteiger partial charge in [-0.15, -0.1) is 0 Å². The maximum Gasteiger partial charge on any atom is 0.0467 e. The van der Waals surface area contributed by atoms with E-state index in [-0.39, 0.29) is 0 Å². The molecule has 3 rings (SSSR count). The number of allylic oxidation sites excluding steroid dienone is 3. The first-order valence-electron chi connectivity index (χ1n) is 9.82. The molecule has 1 aliphatic rings. The van der Waals surface area contributed by atoms with E-state index >= 15 is 0 Å². The van der Waals surface area contributed by atoms with Gasteiger partial charge in [-0.1, -0.05) is 80.6 Å². The zero-order valence-corrected chi connectivity index (χ0v) is 16.9. The lowest BCUT2D eigenvalue weighted by atomic mass is 9.90. The first kappa shape index (κ1) is 19.2. The van der Waals surface area contributed by atoms with Gasteiger partial charge >= 0.3 is 0 Å². The lowest BCUT2D eigenvalue weighted by molar-refractivity contribution is 0.287. The van der Waals surface area contributed by atoms with Gasteiger partial charge in [0.1, 0.15) is 0 Å². The fourth-order valence-electron chi connectivity index (χ4n) is 3.61. The molecule has 0 heterocycles. The van der Waals surface area contributed by atoms with Crippen molar-refractivity contribution in [3.8, 4) is 0 Å². The lowest BCUT2D eigenvalue weighted by Crippen LogP contribution is -2.32. The highest BCUT2D eigenvalue weighted by Gasteiger charge is 2.15. The fourth-order valence-corrected chi connectivity index (χ4v) is 3.61. The predicted octanol–water partition coefficient (Wildman–Crippen LogP) is 5.39. The van der Waals surface area contributed by atoms with E-state index in [1.54, 1.807) is 0 Å². The summed E-state index contributed by atoms with van der Waals surface area (Å²) in [7, 11) is 4.15. The van der Waals surface area contributed by atoms with Crippen molar-refractivity contribution in [3.63, 3.8) is 0 Å². The molecule has 0 fully saturated rings. The van der Waals surface area contributed by atoms with Crippen LogP contribution in [0.15, 0.2) is 84.5 Å². The summed E-state index contributed by atoms with van der Waals surface area (Å²) in [6, 6.07) is 19.9. The van der Waals surface area contributed by atoms with Crippen LogP contribution in [-0.2, 0) is 0 Å². The van der Waals surface area contributed by atoms with E-state index in [4.69, 9.17) is 0 Å². The number of hydrogen-bond acceptors (Lipinski definition) is 2. The van der Waals surface area contributed by atoms with Crippen LogP contribution in [0, 0.1) is 0 Å². The van der Waals surface area contributed by atoms with E-state index in [0.29, 0.717) is 6.04 Å². The number of likely N-dealkylation sites (N-methyl/N-ethyl adjacent to an activating group) is 1. The van der Waals surface area contributed by atoms with Crippen molar-refractivity contribution in [2.75, 3.05) is 32.1 Å². The van der Waals surface area contributed by atoms with Gasteiger partial charge in [0.05, 0.1) is 0 Å². The number of hydrogen-bond donors (Lipinski definition) is 0. The minimum absolute atomic E-state index is 0.386. The smallest absolute Gasteiger partial charge is 0.0467 e. The highest BCUT2D eigenvalue weighted by molar-refractivity contribution is 5.86. The Hall–Kier alpha value is -2.58. The van der Waals surface area contributed by atoms with Crippen molar-refractivity contribution in [1.82, 2.24) is 4.90 Å². The molecule has 0 N–H and O–H groups in total. The van der Waals surface area contributed by atoms with Gasteiger partial charge in [0, 0.05) is 25.8 Å². The van der Waals surface area contributed by atoms with Gasteiger partial charge in [-0.25, -0.2) is 0 Å². The van der Waals surface area contributed by atoms with Crippen molar-refractivity contribution < 1.29 is 0 Å². The summed E-state index contributed by atoms with van der Waals surface area (Å²) >= 11 is 0. The number of nitrogens with zero attached hydrogens (tertiary/aromatic N) is 2. The molecule has 2 heteroatoms. The van der Waals surface area contributed by atoms with Crippen LogP contribution in [0.3, 0.4) is 0 Å². The summed E-state index contributed by atoms with van der Waals surface area (Å²) in [4.78, 5) is 4.59. The molecule has 2 nitrogen and oxygen atoms in total. The first-order valence-corrected chi connectivity index (χ1v) is 9.82. The normalized spacial score (nSPS) is 16.0. The summed E-state index contributed by atoms with van der Waals surface area (Å²) in [6.07, 6.45) is 9.20. The van der Waals surface area contributed by atoms with E-state index in [1.165, 1.54) is 28.0 Å². The average molecular weight is 359 g/mol. The third-order valence-electron chi connectivity index (χ3n) is 5.20. The molecular weight excluding hydrogens is 328 g/mol. The molecule has 2 aromatic carbocycles. The van der Waals surface area contributed by atoms with Crippen molar-refractivity contribution in [2.45, 2.75) is 19.9 Å². The molecule has 0 saturated heterocycles. The lowest BCUT2D eigenvalue weighted by Gasteiger charge is -2.27. The molecule has 0 spiro atoms. The van der Waals surface area contributed by atoms with E-state index in [0.717, 1.165) is 13.1 Å². The largest absolute Gasteiger partial charge is 0.378 e. The third kappa shape index (κ3) is 4.40. The molecule has 27 heavy (non-hydrogen) atoms. The molecule has 0 radical (unpaired) electrons. The zero-order valence-electron chi connectivity index (χ0n) is 16.9. The monoisotopic (exact) mass is 358 g/mol. The second-order valence-corrected chi connectivity index (χ2v) is 7.07. The molecule has 0 amide bonds. The van der Waals surface area contributed by atoms with Gasteiger partial charge in [0.25, 0.3) is 0 Å². The molecule has 1 aliphatic carbocycles. The van der Waals surface area contributed by atoms with Crippen molar-refractivity contribution in [3.05, 3.63) is 95.6 Å². The molecule has 2 aromatic rings. The Morgan fingerprint density at radius 1 is 0.778 bits per heavy atom. The second-order valence-electron chi connectivity index (χ2n) is 7.07. The Kier molecular flexibility index (Phi) is 6.31. The molecule has 0 unspecified atom stereocenters. The van der Waals surface area contributed by atoms with Gasteiger partial charge in [0.2, 0.25) is 0 Å². The minimum Gasteiger partial charge on any atom is -0.378 e. The Morgan fingerprint density at radius 3 is 1.85 bits per heavy atom. The van der Waals surface area contributed by atoms with Crippen LogP contribution in [0.2, 0.25) is 0 Å². The van der Waals surface area contributed by atoms with Gasteiger partial charge < -0.3 is 4.90 Å². The molecule has 0 bridgehead atoms. The van der Waals surface area contributed by atoms with Crippen LogP contribution in [0.25, 0.3) is 5.57 Å². The minimum atomic E-state index is 0.386. The van der Waals surface area contributed by atoms with Crippen LogP contribution in [-0.4, -0.2) is 38.1 Å². The van der Waals surface area contributed by atoms with Crippen LogP contribution < -0.4 is 4.90 Å². The molecule has 0 saturated carbocycles. The highest BCUT2D eigenvalue weighted by Crippen LogP contribution is 2.31. The Labute approximate surface area is 164 Å². The summed E-state index contributed by atoms with van der Waals surface area (Å²) in [5.74, 6) is 0. The first-order chi connectivity index (χ1) is 13.1. The maximum atomic E-state index is 2.46. The predicted molar refractivity (Wildman–Crippen MR) is 118 cm³/mol. The SMILES string of the molecule is CCN(CC)C1C=CC(=C(c2ccccc2)c2ccc(N(C)C)cc2)C=C1. The van der Waals surface area contributed by atoms with Crippen molar-refractivity contribution in [2.24, 2.45) is 0 Å². The second kappa shape index (κ2) is 8.88. The highest BCUT2D eigenvalue weighted by atomic mass is 15.1. The van der Waals surface area contributed by atoms with E-state index in [1.807, 2.05) is 0 Å². The van der Waals surface area contributed by atoms with Crippen molar-refractivity contribution in [1.29, 1.82) is 0 Å². The molecular formula is C25H30N2. The van der Waals surface area contributed by atoms with Gasteiger partial charge in [-0.3, -0.25) is 4.90 Å². The summed E-state index contributed by atoms with van der Waals surface area (Å²) < 4.78 is 0. The van der Waals surface area contributed by atoms with E-state index in [9.17, 15) is 0 Å². The Balaban J connectivity index is 2.03. The third-order valence-corrected chi connectivity index (χ3v) is 5.20. The zero-order chi connectivity index (χ0) is 19.2. The Bertz CT molecular complexity index is 806. The van der Waals surface area contributed by atoms with Crippen LogP contribution in [0.4, 0.5) is 5.69 Å². The van der Waals surface area contributed by atoms with Crippen molar-refractivity contribution >= 4 is 11.3 Å². The standard InChI is InChI=1S/C25H30N2/c1-5-27(6-2)24-18-14-22(15-19-24)25(20-10-8-7-9-11-20)21-12-16-23(17-13-21)26(3)4/h7-19,24H,5-6H2,1-4H3. The van der Waals surface area contributed by atoms with Gasteiger partial charge in [-0.05, 0) is 47.5 Å². The van der Waals surface area contributed by atoms with Gasteiger partial charge in [-0.2, -0.15) is 0 Å². The summed E-state index contributed by atoms with van der Waals surface area (Å²) in [5.41, 5.74) is 6.26. The fraction of sp³-hybridized carbons (Fsp3) is 0.280. The number of anilines is 1. The molecule has 0 atom stereocenters. The van der Waals surface area contributed by atoms with Gasteiger partial charge in [0.15, 0.2) is 0 Å². The molecule has 140 valence electrons. The van der Waals surface area contributed by atoms with Crippen LogP contribution in [0.1, 0.15) is 25.0 Å². The van der Waals surface area contributed by atoms with E-state index in [2.05, 4.69) is 117 Å². The molecule has 0 aliphatic heterocycles. The summed E-state index contributed by atoms with van der Waals surface area (Å²) in [6.45, 7) is 6.56. The topological polar surface area (TPSA) is 6.48 Å². The summed E-state index contributed by atoms with van der Waals surface area (Å²) in [5, 5.41) is 0.